The Labute approximate surface area is 352 Å². The molecule has 5 aromatic heterocycles. The van der Waals surface area contributed by atoms with Crippen molar-refractivity contribution in [1.29, 1.82) is 0 Å². The first-order valence-electron chi connectivity index (χ1n) is 21.1. The number of fused-ring (bicyclic) bond motifs is 11. The van der Waals surface area contributed by atoms with E-state index in [1.807, 2.05) is 11.3 Å². The van der Waals surface area contributed by atoms with E-state index in [2.05, 4.69) is 179 Å². The van der Waals surface area contributed by atoms with Crippen molar-refractivity contribution < 1.29 is 0 Å². The minimum absolute atomic E-state index is 0.843. The van der Waals surface area contributed by atoms with E-state index in [1.165, 1.54) is 96.7 Å². The highest BCUT2D eigenvalue weighted by Gasteiger charge is 2.28. The second-order valence-corrected chi connectivity index (χ2v) is 17.8. The van der Waals surface area contributed by atoms with Crippen LogP contribution in [0.5, 0.6) is 0 Å². The summed E-state index contributed by atoms with van der Waals surface area (Å²) >= 11 is 1.90. The van der Waals surface area contributed by atoms with Gasteiger partial charge in [0.05, 0.1) is 38.6 Å². The molecule has 14 aromatic rings. The van der Waals surface area contributed by atoms with Gasteiger partial charge in [0.25, 0.3) is 0 Å². The van der Waals surface area contributed by atoms with Crippen molar-refractivity contribution in [2.75, 3.05) is 0 Å². The molecule has 0 saturated heterocycles. The first kappa shape index (κ1) is 32.3. The van der Waals surface area contributed by atoms with Crippen LogP contribution in [-0.4, -0.2) is 18.9 Å². The van der Waals surface area contributed by atoms with Crippen molar-refractivity contribution in [1.82, 2.24) is 18.9 Å². The van der Waals surface area contributed by atoms with Crippen LogP contribution in [0.3, 0.4) is 0 Å². The Balaban J connectivity index is 1.09. The molecule has 0 bridgehead atoms. The number of allylic oxidation sites excluding steroid dienone is 1. The number of para-hydroxylation sites is 1. The third kappa shape index (κ3) is 4.14. The van der Waals surface area contributed by atoms with Crippen molar-refractivity contribution in [3.63, 3.8) is 0 Å². The summed E-state index contributed by atoms with van der Waals surface area (Å²) in [6.07, 6.45) is 6.59. The number of thiophene rings is 1. The number of benzene rings is 9. The SMILES string of the molecule is C1=Cc2c(c3ccccc3c3nc(-n4c5ccc6sc7ccc8c9ccccc9n9c%10cccc4c%10c5c6c7c89)c(-c4ccc(-c5ccc6ccccc6c5)cc4)nc23)CC1. The largest absolute Gasteiger partial charge is 0.308 e. The van der Waals surface area contributed by atoms with Gasteiger partial charge in [0.1, 0.15) is 5.69 Å². The molecule has 0 radical (unpaired) electrons. The summed E-state index contributed by atoms with van der Waals surface area (Å²) in [7, 11) is 0. The normalized spacial score (nSPS) is 13.4. The maximum Gasteiger partial charge on any atom is 0.165 e. The zero-order chi connectivity index (χ0) is 39.5. The number of rotatable bonds is 3. The molecule has 0 N–H and O–H groups in total. The van der Waals surface area contributed by atoms with E-state index >= 15 is 0 Å². The van der Waals surface area contributed by atoms with E-state index in [9.17, 15) is 0 Å². The summed E-state index contributed by atoms with van der Waals surface area (Å²) in [5.41, 5.74) is 14.7. The van der Waals surface area contributed by atoms with Crippen molar-refractivity contribution in [3.05, 3.63) is 175 Å². The van der Waals surface area contributed by atoms with Crippen molar-refractivity contribution in [2.45, 2.75) is 12.8 Å². The number of aromatic nitrogens is 4. The molecule has 0 amide bonds. The molecule has 282 valence electrons. The molecule has 0 aliphatic heterocycles. The second kappa shape index (κ2) is 11.6. The minimum atomic E-state index is 0.843. The number of hydrogen-bond donors (Lipinski definition) is 0. The Morgan fingerprint density at radius 2 is 1.20 bits per heavy atom. The Bertz CT molecular complexity index is 4220. The van der Waals surface area contributed by atoms with E-state index in [4.69, 9.17) is 9.97 Å². The molecule has 4 nitrogen and oxygen atoms in total. The summed E-state index contributed by atoms with van der Waals surface area (Å²) in [4.78, 5) is 11.6. The first-order chi connectivity index (χ1) is 30.3. The van der Waals surface area contributed by atoms with Gasteiger partial charge >= 0.3 is 0 Å². The molecule has 5 heteroatoms. The topological polar surface area (TPSA) is 35.1 Å². The summed E-state index contributed by atoms with van der Waals surface area (Å²) < 4.78 is 7.59. The van der Waals surface area contributed by atoms with E-state index in [0.29, 0.717) is 0 Å². The summed E-state index contributed by atoms with van der Waals surface area (Å²) in [6, 6.07) is 58.2. The van der Waals surface area contributed by atoms with Crippen LogP contribution in [0.1, 0.15) is 17.5 Å². The lowest BCUT2D eigenvalue weighted by molar-refractivity contribution is 0.997. The molecule has 0 saturated carbocycles. The average molecular weight is 793 g/mol. The Morgan fingerprint density at radius 3 is 2.11 bits per heavy atom. The number of aryl methyl sites for hydroxylation is 1. The van der Waals surface area contributed by atoms with Crippen LogP contribution in [-0.2, 0) is 6.42 Å². The van der Waals surface area contributed by atoms with Gasteiger partial charge in [-0.2, -0.15) is 0 Å². The predicted octanol–water partition coefficient (Wildman–Crippen LogP) is 15.1. The molecule has 9 aromatic carbocycles. The molecule has 15 rings (SSSR count). The van der Waals surface area contributed by atoms with Crippen LogP contribution >= 0.6 is 11.3 Å². The van der Waals surface area contributed by atoms with Crippen LogP contribution in [0, 0.1) is 0 Å². The van der Waals surface area contributed by atoms with Crippen LogP contribution in [0.4, 0.5) is 0 Å². The van der Waals surface area contributed by atoms with E-state index in [-0.39, 0.29) is 0 Å². The summed E-state index contributed by atoms with van der Waals surface area (Å²) in [5, 5.41) is 12.7. The highest BCUT2D eigenvalue weighted by molar-refractivity contribution is 7.26. The van der Waals surface area contributed by atoms with Gasteiger partial charge in [0, 0.05) is 58.2 Å². The molecule has 5 heterocycles. The highest BCUT2D eigenvalue weighted by Crippen LogP contribution is 2.50. The van der Waals surface area contributed by atoms with Crippen LogP contribution in [0.25, 0.3) is 136 Å². The lowest BCUT2D eigenvalue weighted by Crippen LogP contribution is -2.07. The van der Waals surface area contributed by atoms with Gasteiger partial charge < -0.3 is 4.40 Å². The zero-order valence-electron chi connectivity index (χ0n) is 32.8. The van der Waals surface area contributed by atoms with Gasteiger partial charge in [0.2, 0.25) is 0 Å². The molecule has 0 spiro atoms. The maximum atomic E-state index is 5.86. The number of hydrogen-bond acceptors (Lipinski definition) is 3. The van der Waals surface area contributed by atoms with Crippen LogP contribution in [0.15, 0.2) is 164 Å². The van der Waals surface area contributed by atoms with Crippen LogP contribution < -0.4 is 0 Å². The summed E-state index contributed by atoms with van der Waals surface area (Å²) in [5.74, 6) is 0.843. The average Bonchev–Trinajstić information content (AvgIpc) is 3.95. The number of nitrogens with zero attached hydrogens (tertiary/aromatic N) is 4. The maximum absolute atomic E-state index is 5.86. The first-order valence-corrected chi connectivity index (χ1v) is 22.0. The molecular formula is C56H32N4S. The minimum Gasteiger partial charge on any atom is -0.308 e. The molecule has 0 fully saturated rings. The standard InChI is InChI=1S/C56H32N4S/c1-2-11-34-30-35(25-22-31(34)10-1)32-20-23-33(24-21-32)52-56(58-54-40-16-6-4-13-37(40)36-12-3-5-15-39(36)53(54)57-52)60-44-19-9-18-43-48(44)49-45(60)27-29-46-50(49)51-47(61-46)28-26-41-38-14-7-8-17-42(38)59(43)55(41)51/h1-2,4-11,13-30H,3,12H2. The predicted molar refractivity (Wildman–Crippen MR) is 258 cm³/mol. The van der Waals surface area contributed by atoms with Gasteiger partial charge in [-0.3, -0.25) is 4.57 Å². The fraction of sp³-hybridized carbons (Fsp3) is 0.0357. The lowest BCUT2D eigenvalue weighted by atomic mass is 9.90. The Kier molecular flexibility index (Phi) is 6.12. The van der Waals surface area contributed by atoms with E-state index < -0.39 is 0 Å². The fourth-order valence-corrected chi connectivity index (χ4v) is 12.2. The van der Waals surface area contributed by atoms with E-state index in [1.54, 1.807) is 0 Å². The molecule has 0 atom stereocenters. The van der Waals surface area contributed by atoms with Crippen molar-refractivity contribution in [2.24, 2.45) is 0 Å². The zero-order valence-corrected chi connectivity index (χ0v) is 33.6. The Morgan fingerprint density at radius 1 is 0.475 bits per heavy atom. The van der Waals surface area contributed by atoms with Crippen molar-refractivity contribution in [3.8, 4) is 28.2 Å². The smallest absolute Gasteiger partial charge is 0.165 e. The van der Waals surface area contributed by atoms with Gasteiger partial charge in [0.15, 0.2) is 5.82 Å². The Hall–Kier alpha value is -7.60. The highest BCUT2D eigenvalue weighted by atomic mass is 32.1. The molecular weight excluding hydrogens is 761 g/mol. The molecule has 1 aliphatic carbocycles. The van der Waals surface area contributed by atoms with E-state index in [0.717, 1.165) is 57.4 Å². The monoisotopic (exact) mass is 792 g/mol. The second-order valence-electron chi connectivity index (χ2n) is 16.7. The third-order valence-corrected chi connectivity index (χ3v) is 14.8. The van der Waals surface area contributed by atoms with Gasteiger partial charge in [-0.1, -0.05) is 127 Å². The van der Waals surface area contributed by atoms with Crippen molar-refractivity contribution >= 4 is 119 Å². The van der Waals surface area contributed by atoms with Crippen LogP contribution in [0.2, 0.25) is 0 Å². The molecule has 61 heavy (non-hydrogen) atoms. The molecule has 0 unspecified atom stereocenters. The quantitative estimate of drug-likeness (QED) is 0.167. The molecule has 1 aliphatic rings. The lowest BCUT2D eigenvalue weighted by Gasteiger charge is -2.20. The van der Waals surface area contributed by atoms with Gasteiger partial charge in [-0.25, -0.2) is 9.97 Å². The fourth-order valence-electron chi connectivity index (χ4n) is 11.1. The summed E-state index contributed by atoms with van der Waals surface area (Å²) in [6.45, 7) is 0. The van der Waals surface area contributed by atoms with Gasteiger partial charge in [-0.05, 0) is 88.2 Å². The van der Waals surface area contributed by atoms with Gasteiger partial charge in [-0.15, -0.1) is 11.3 Å². The third-order valence-electron chi connectivity index (χ3n) is 13.7.